The van der Waals surface area contributed by atoms with E-state index in [1.54, 1.807) is 22.8 Å². The van der Waals surface area contributed by atoms with Gasteiger partial charge < -0.3 is 9.30 Å². The van der Waals surface area contributed by atoms with Gasteiger partial charge in [0.05, 0.1) is 39.1 Å². The number of pyridine rings is 1. The molecule has 0 bridgehead atoms. The molecule has 2 aromatic heterocycles. The van der Waals surface area contributed by atoms with Gasteiger partial charge in [-0.3, -0.25) is 9.59 Å². The fourth-order valence-corrected chi connectivity index (χ4v) is 5.62. The van der Waals surface area contributed by atoms with Crippen molar-refractivity contribution in [3.05, 3.63) is 93.2 Å². The van der Waals surface area contributed by atoms with E-state index in [9.17, 15) is 9.59 Å². The van der Waals surface area contributed by atoms with Gasteiger partial charge in [0, 0.05) is 16.0 Å². The molecule has 1 amide bonds. The Bertz CT molecular complexity index is 1680. The molecule has 0 N–H and O–H groups in total. The molecule has 35 heavy (non-hydrogen) atoms. The highest BCUT2D eigenvalue weighted by atomic mass is 35.5. The lowest BCUT2D eigenvalue weighted by Gasteiger charge is -2.08. The van der Waals surface area contributed by atoms with Crippen molar-refractivity contribution in [2.75, 3.05) is 7.11 Å². The molecule has 0 aliphatic heterocycles. The van der Waals surface area contributed by atoms with Gasteiger partial charge in [0.1, 0.15) is 6.54 Å². The first-order valence-corrected chi connectivity index (χ1v) is 12.1. The summed E-state index contributed by atoms with van der Waals surface area (Å²) in [5.41, 5.74) is 3.19. The zero-order chi connectivity index (χ0) is 24.5. The number of ether oxygens (including phenoxy) is 1. The Morgan fingerprint density at radius 1 is 1.03 bits per heavy atom. The van der Waals surface area contributed by atoms with Crippen LogP contribution in [0.3, 0.4) is 0 Å². The Morgan fingerprint density at radius 3 is 2.54 bits per heavy atom. The number of thiazole rings is 1. The third kappa shape index (κ3) is 4.58. The monoisotopic (exact) mass is 521 g/mol. The molecular formula is C26H17Cl2N3O3S. The predicted molar refractivity (Wildman–Crippen MR) is 139 cm³/mol. The van der Waals surface area contributed by atoms with Gasteiger partial charge in [0.2, 0.25) is 0 Å². The van der Waals surface area contributed by atoms with Crippen LogP contribution in [0.2, 0.25) is 10.0 Å². The molecule has 174 valence electrons. The minimum absolute atomic E-state index is 0.156. The lowest BCUT2D eigenvalue weighted by atomic mass is 10.0. The molecule has 0 aliphatic rings. The Balaban J connectivity index is 1.72. The maximum Gasteiger partial charge on any atom is 0.325 e. The van der Waals surface area contributed by atoms with Crippen LogP contribution in [0.1, 0.15) is 10.4 Å². The van der Waals surface area contributed by atoms with Crippen molar-refractivity contribution in [2.45, 2.75) is 6.54 Å². The second-order valence-corrected chi connectivity index (χ2v) is 9.49. The van der Waals surface area contributed by atoms with Crippen LogP contribution in [-0.2, 0) is 16.1 Å². The minimum atomic E-state index is -0.495. The minimum Gasteiger partial charge on any atom is -0.468 e. The first kappa shape index (κ1) is 23.2. The molecule has 0 spiro atoms. The molecule has 9 heteroatoms. The Labute approximate surface area is 214 Å². The number of methoxy groups -OCH3 is 1. The van der Waals surface area contributed by atoms with Crippen molar-refractivity contribution in [3.63, 3.8) is 0 Å². The molecule has 5 aromatic rings. The molecular weight excluding hydrogens is 505 g/mol. The van der Waals surface area contributed by atoms with Crippen molar-refractivity contribution in [3.8, 4) is 11.3 Å². The quantitative estimate of drug-likeness (QED) is 0.266. The largest absolute Gasteiger partial charge is 0.468 e. The number of esters is 1. The predicted octanol–water partition coefficient (Wildman–Crippen LogP) is 6.14. The number of hydrogen-bond donors (Lipinski definition) is 0. The average molecular weight is 522 g/mol. The lowest BCUT2D eigenvalue weighted by Crippen LogP contribution is -2.22. The molecule has 2 heterocycles. The molecule has 0 saturated carbocycles. The number of carbonyl (C=O) groups is 2. The van der Waals surface area contributed by atoms with Gasteiger partial charge in [-0.25, -0.2) is 4.98 Å². The number of rotatable bonds is 4. The number of fused-ring (bicyclic) bond motifs is 2. The normalized spacial score (nSPS) is 11.8. The first-order valence-electron chi connectivity index (χ1n) is 10.5. The summed E-state index contributed by atoms with van der Waals surface area (Å²) in [6.45, 7) is -0.156. The molecule has 0 atom stereocenters. The Kier molecular flexibility index (Phi) is 6.38. The number of para-hydroxylation sites is 1. The molecule has 0 aliphatic carbocycles. The van der Waals surface area contributed by atoms with Crippen LogP contribution in [0.15, 0.2) is 77.8 Å². The van der Waals surface area contributed by atoms with E-state index < -0.39 is 11.9 Å². The van der Waals surface area contributed by atoms with E-state index in [2.05, 4.69) is 4.99 Å². The Hall–Kier alpha value is -3.52. The summed E-state index contributed by atoms with van der Waals surface area (Å²) < 4.78 is 7.11. The van der Waals surface area contributed by atoms with Crippen molar-refractivity contribution < 1.29 is 14.3 Å². The van der Waals surface area contributed by atoms with Crippen LogP contribution in [-0.4, -0.2) is 28.5 Å². The number of carbonyl (C=O) groups excluding carboxylic acids is 2. The van der Waals surface area contributed by atoms with Crippen LogP contribution in [0.4, 0.5) is 0 Å². The summed E-state index contributed by atoms with van der Waals surface area (Å²) in [4.78, 5) is 35.2. The van der Waals surface area contributed by atoms with E-state index in [1.807, 2.05) is 54.6 Å². The van der Waals surface area contributed by atoms with Crippen LogP contribution >= 0.6 is 34.5 Å². The molecule has 0 fully saturated rings. The topological polar surface area (TPSA) is 73.6 Å². The summed E-state index contributed by atoms with van der Waals surface area (Å²) >= 11 is 13.8. The Morgan fingerprint density at radius 2 is 1.77 bits per heavy atom. The van der Waals surface area contributed by atoms with Crippen LogP contribution in [0.5, 0.6) is 0 Å². The number of amides is 1. The van der Waals surface area contributed by atoms with E-state index in [1.165, 1.54) is 18.4 Å². The molecule has 0 radical (unpaired) electrons. The number of nitrogens with zero attached hydrogens (tertiary/aromatic N) is 3. The van der Waals surface area contributed by atoms with Crippen LogP contribution < -0.4 is 4.80 Å². The number of hydrogen-bond acceptors (Lipinski definition) is 5. The highest BCUT2D eigenvalue weighted by Gasteiger charge is 2.18. The fourth-order valence-electron chi connectivity index (χ4n) is 3.81. The maximum atomic E-state index is 13.6. The SMILES string of the molecule is COC(=O)Cn1c(=NC(=O)c2cc(-c3ccccc3)nc3ccccc23)sc2cc(Cl)cc(Cl)c21. The summed E-state index contributed by atoms with van der Waals surface area (Å²) in [6, 6.07) is 22.1. The van der Waals surface area contributed by atoms with Crippen LogP contribution in [0, 0.1) is 0 Å². The molecule has 3 aromatic carbocycles. The van der Waals surface area contributed by atoms with Gasteiger partial charge in [-0.15, -0.1) is 0 Å². The highest BCUT2D eigenvalue weighted by Crippen LogP contribution is 2.30. The van der Waals surface area contributed by atoms with E-state index in [0.29, 0.717) is 47.2 Å². The number of aromatic nitrogens is 2. The summed E-state index contributed by atoms with van der Waals surface area (Å²) in [6.07, 6.45) is 0. The van der Waals surface area contributed by atoms with E-state index in [4.69, 9.17) is 32.9 Å². The second-order valence-electron chi connectivity index (χ2n) is 7.64. The van der Waals surface area contributed by atoms with E-state index >= 15 is 0 Å². The van der Waals surface area contributed by atoms with E-state index in [0.717, 1.165) is 5.56 Å². The van der Waals surface area contributed by atoms with E-state index in [-0.39, 0.29) is 6.54 Å². The standard InChI is InChI=1S/C26H17Cl2N3O3S/c1-34-23(32)14-31-24-19(28)11-16(27)12-22(24)35-26(31)30-25(33)18-13-21(15-7-3-2-4-8-15)29-20-10-6-5-9-17(18)20/h2-13H,14H2,1H3. The number of halogens is 2. The molecule has 0 saturated heterocycles. The van der Waals surface area contributed by atoms with Crippen molar-refractivity contribution in [1.82, 2.24) is 9.55 Å². The zero-order valence-corrected chi connectivity index (χ0v) is 20.7. The molecule has 6 nitrogen and oxygen atoms in total. The van der Waals surface area contributed by atoms with Gasteiger partial charge in [0.25, 0.3) is 5.91 Å². The summed E-state index contributed by atoms with van der Waals surface area (Å²) in [5, 5.41) is 1.48. The van der Waals surface area contributed by atoms with Crippen molar-refractivity contribution >= 4 is 67.5 Å². The van der Waals surface area contributed by atoms with Gasteiger partial charge >= 0.3 is 5.97 Å². The smallest absolute Gasteiger partial charge is 0.325 e. The third-order valence-corrected chi connectivity index (χ3v) is 6.96. The van der Waals surface area contributed by atoms with Gasteiger partial charge in [0.15, 0.2) is 4.80 Å². The molecule has 5 rings (SSSR count). The first-order chi connectivity index (χ1) is 16.9. The lowest BCUT2D eigenvalue weighted by molar-refractivity contribution is -0.141. The van der Waals surface area contributed by atoms with Gasteiger partial charge in [-0.05, 0) is 24.3 Å². The van der Waals surface area contributed by atoms with Crippen molar-refractivity contribution in [2.24, 2.45) is 4.99 Å². The second kappa shape index (κ2) is 9.62. The zero-order valence-electron chi connectivity index (χ0n) is 18.4. The number of benzene rings is 3. The summed E-state index contributed by atoms with van der Waals surface area (Å²) in [7, 11) is 1.30. The highest BCUT2D eigenvalue weighted by molar-refractivity contribution is 7.16. The molecule has 0 unspecified atom stereocenters. The van der Waals surface area contributed by atoms with Gasteiger partial charge in [-0.2, -0.15) is 4.99 Å². The third-order valence-electron chi connectivity index (χ3n) is 5.42. The van der Waals surface area contributed by atoms with Crippen LogP contribution in [0.25, 0.3) is 32.4 Å². The van der Waals surface area contributed by atoms with Crippen molar-refractivity contribution in [1.29, 1.82) is 0 Å². The average Bonchev–Trinajstić information content (AvgIpc) is 3.20. The van der Waals surface area contributed by atoms with Gasteiger partial charge in [-0.1, -0.05) is 83.1 Å². The maximum absolute atomic E-state index is 13.6. The summed E-state index contributed by atoms with van der Waals surface area (Å²) in [5.74, 6) is -0.960. The fraction of sp³-hybridized carbons (Fsp3) is 0.0769.